The largest absolute Gasteiger partial charge is 0.348 e. The molecule has 1 fully saturated rings. The summed E-state index contributed by atoms with van der Waals surface area (Å²) in [5, 5.41) is 6.07. The van der Waals surface area contributed by atoms with Crippen LogP contribution in [0.3, 0.4) is 0 Å². The van der Waals surface area contributed by atoms with E-state index in [1.165, 1.54) is 0 Å². The lowest BCUT2D eigenvalue weighted by molar-refractivity contribution is -0.153. The van der Waals surface area contributed by atoms with Gasteiger partial charge in [0.15, 0.2) is 5.79 Å². The van der Waals surface area contributed by atoms with Crippen LogP contribution in [0.5, 0.6) is 0 Å². The van der Waals surface area contributed by atoms with Gasteiger partial charge in [-0.2, -0.15) is 0 Å². The molecule has 0 radical (unpaired) electrons. The Morgan fingerprint density at radius 1 is 1.38 bits per heavy atom. The lowest BCUT2D eigenvalue weighted by atomic mass is 10.0. The predicted molar refractivity (Wildman–Crippen MR) is 82.6 cm³/mol. The summed E-state index contributed by atoms with van der Waals surface area (Å²) in [5.74, 6) is -0.287. The van der Waals surface area contributed by atoms with Crippen LogP contribution in [0.15, 0.2) is 24.3 Å². The van der Waals surface area contributed by atoms with Crippen molar-refractivity contribution in [1.82, 2.24) is 5.32 Å². The van der Waals surface area contributed by atoms with Gasteiger partial charge in [0.2, 0.25) is 0 Å². The molecule has 1 aromatic rings. The number of anilines is 1. The van der Waals surface area contributed by atoms with Crippen LogP contribution < -0.4 is 10.6 Å². The molecule has 0 spiro atoms. The van der Waals surface area contributed by atoms with Crippen molar-refractivity contribution in [3.8, 4) is 0 Å². The molecule has 6 heteroatoms. The zero-order chi connectivity index (χ0) is 15.3. The molecule has 0 saturated carbocycles. The number of carbonyl (C=O) groups excluding carboxylic acids is 1. The Labute approximate surface area is 130 Å². The number of benzene rings is 1. The van der Waals surface area contributed by atoms with Crippen LogP contribution in [-0.4, -0.2) is 31.6 Å². The Balaban J connectivity index is 1.75. The summed E-state index contributed by atoms with van der Waals surface area (Å²) in [7, 11) is 0. The number of ether oxygens (including phenoxy) is 2. The zero-order valence-corrected chi connectivity index (χ0v) is 13.1. The van der Waals surface area contributed by atoms with Crippen LogP contribution in [0.4, 0.5) is 10.5 Å². The van der Waals surface area contributed by atoms with Crippen molar-refractivity contribution in [3.05, 3.63) is 29.3 Å². The molecule has 1 atom stereocenters. The van der Waals surface area contributed by atoms with Crippen molar-refractivity contribution in [1.29, 1.82) is 0 Å². The first-order chi connectivity index (χ1) is 9.98. The van der Waals surface area contributed by atoms with Gasteiger partial charge in [0.1, 0.15) is 0 Å². The molecule has 0 aliphatic carbocycles. The molecule has 0 bridgehead atoms. The highest BCUT2D eigenvalue weighted by atomic mass is 35.5. The van der Waals surface area contributed by atoms with Gasteiger partial charge in [0.25, 0.3) is 0 Å². The Kier molecular flexibility index (Phi) is 5.45. The molecular weight excluding hydrogens is 292 g/mol. The second-order valence-corrected chi connectivity index (χ2v) is 5.86. The average molecular weight is 313 g/mol. The van der Waals surface area contributed by atoms with Crippen molar-refractivity contribution >= 4 is 23.3 Å². The van der Waals surface area contributed by atoms with E-state index < -0.39 is 5.79 Å². The Hall–Kier alpha value is -1.30. The van der Waals surface area contributed by atoms with Crippen LogP contribution in [0, 0.1) is 5.92 Å². The third kappa shape index (κ3) is 4.88. The molecule has 1 saturated heterocycles. The minimum Gasteiger partial charge on any atom is -0.348 e. The number of carbonyl (C=O) groups is 1. The van der Waals surface area contributed by atoms with Crippen molar-refractivity contribution in [2.75, 3.05) is 25.1 Å². The quantitative estimate of drug-likeness (QED) is 0.877. The summed E-state index contributed by atoms with van der Waals surface area (Å²) < 4.78 is 11.1. The molecule has 1 aliphatic rings. The third-order valence-electron chi connectivity index (χ3n) is 3.35. The van der Waals surface area contributed by atoms with E-state index >= 15 is 0 Å². The van der Waals surface area contributed by atoms with E-state index in [2.05, 4.69) is 10.6 Å². The van der Waals surface area contributed by atoms with E-state index in [0.29, 0.717) is 30.5 Å². The van der Waals surface area contributed by atoms with Crippen molar-refractivity contribution < 1.29 is 14.3 Å². The van der Waals surface area contributed by atoms with Crippen molar-refractivity contribution in [3.63, 3.8) is 0 Å². The predicted octanol–water partition coefficient (Wildman–Crippen LogP) is 3.25. The molecule has 116 valence electrons. The van der Waals surface area contributed by atoms with Gasteiger partial charge in [-0.15, -0.1) is 0 Å². The molecule has 2 rings (SSSR count). The number of halogens is 1. The standard InChI is InChI=1S/C15H21ClN2O3/c1-11(9-15(2)20-7-8-21-15)10-17-14(19)18-13-6-4-3-5-12(13)16/h3-6,11H,7-10H2,1-2H3,(H2,17,18,19)/t11-/m0/s1. The monoisotopic (exact) mass is 312 g/mol. The molecule has 2 amide bonds. The van der Waals surface area contributed by atoms with E-state index in [9.17, 15) is 4.79 Å². The van der Waals surface area contributed by atoms with Gasteiger partial charge < -0.3 is 20.1 Å². The number of hydrogen-bond acceptors (Lipinski definition) is 3. The van der Waals surface area contributed by atoms with Gasteiger partial charge >= 0.3 is 6.03 Å². The molecule has 1 heterocycles. The first-order valence-electron chi connectivity index (χ1n) is 7.06. The highest BCUT2D eigenvalue weighted by molar-refractivity contribution is 6.33. The smallest absolute Gasteiger partial charge is 0.319 e. The topological polar surface area (TPSA) is 59.6 Å². The van der Waals surface area contributed by atoms with E-state index in [0.717, 1.165) is 6.42 Å². The molecule has 5 nitrogen and oxygen atoms in total. The normalized spacial score (nSPS) is 18.2. The van der Waals surface area contributed by atoms with Crippen LogP contribution >= 0.6 is 11.6 Å². The average Bonchev–Trinajstić information content (AvgIpc) is 2.85. The van der Waals surface area contributed by atoms with Crippen LogP contribution in [0.2, 0.25) is 5.02 Å². The maximum Gasteiger partial charge on any atom is 0.319 e. The molecule has 21 heavy (non-hydrogen) atoms. The summed E-state index contributed by atoms with van der Waals surface area (Å²) in [6, 6.07) is 6.85. The summed E-state index contributed by atoms with van der Waals surface area (Å²) >= 11 is 5.99. The van der Waals surface area contributed by atoms with E-state index in [4.69, 9.17) is 21.1 Å². The summed E-state index contributed by atoms with van der Waals surface area (Å²) in [4.78, 5) is 11.8. The number of para-hydroxylation sites is 1. The van der Waals surface area contributed by atoms with Gasteiger partial charge in [0, 0.05) is 13.0 Å². The molecular formula is C15H21ClN2O3. The lowest BCUT2D eigenvalue weighted by Crippen LogP contribution is -2.36. The fourth-order valence-electron chi connectivity index (χ4n) is 2.38. The van der Waals surface area contributed by atoms with E-state index in [-0.39, 0.29) is 11.9 Å². The zero-order valence-electron chi connectivity index (χ0n) is 12.3. The van der Waals surface area contributed by atoms with Gasteiger partial charge in [-0.25, -0.2) is 4.79 Å². The number of rotatable bonds is 5. The second kappa shape index (κ2) is 7.11. The van der Waals surface area contributed by atoms with Crippen molar-refractivity contribution in [2.45, 2.75) is 26.1 Å². The Morgan fingerprint density at radius 3 is 2.71 bits per heavy atom. The van der Waals surface area contributed by atoms with Gasteiger partial charge in [-0.3, -0.25) is 0 Å². The fraction of sp³-hybridized carbons (Fsp3) is 0.533. The Bertz CT molecular complexity index is 490. The lowest BCUT2D eigenvalue weighted by Gasteiger charge is -2.26. The summed E-state index contributed by atoms with van der Waals surface area (Å²) in [5.41, 5.74) is 0.596. The first kappa shape index (κ1) is 16.1. The number of amides is 2. The van der Waals surface area contributed by atoms with Gasteiger partial charge in [-0.05, 0) is 25.0 Å². The van der Waals surface area contributed by atoms with Crippen molar-refractivity contribution in [2.24, 2.45) is 5.92 Å². The fourth-order valence-corrected chi connectivity index (χ4v) is 2.56. The number of nitrogens with one attached hydrogen (secondary N) is 2. The highest BCUT2D eigenvalue weighted by Crippen LogP contribution is 2.26. The Morgan fingerprint density at radius 2 is 2.05 bits per heavy atom. The number of urea groups is 1. The third-order valence-corrected chi connectivity index (χ3v) is 3.68. The van der Waals surface area contributed by atoms with Crippen LogP contribution in [0.25, 0.3) is 0 Å². The van der Waals surface area contributed by atoms with E-state index in [1.807, 2.05) is 26.0 Å². The molecule has 2 N–H and O–H groups in total. The molecule has 0 aromatic heterocycles. The molecule has 0 unspecified atom stereocenters. The van der Waals surface area contributed by atoms with Crippen LogP contribution in [0.1, 0.15) is 20.3 Å². The summed E-state index contributed by atoms with van der Waals surface area (Å²) in [6.07, 6.45) is 0.735. The van der Waals surface area contributed by atoms with Crippen LogP contribution in [-0.2, 0) is 9.47 Å². The molecule has 1 aliphatic heterocycles. The SMILES string of the molecule is C[C@H](CNC(=O)Nc1ccccc1Cl)CC1(C)OCCO1. The van der Waals surface area contributed by atoms with Gasteiger partial charge in [0.05, 0.1) is 23.9 Å². The number of hydrogen-bond donors (Lipinski definition) is 2. The second-order valence-electron chi connectivity index (χ2n) is 5.45. The minimum atomic E-state index is -0.527. The van der Waals surface area contributed by atoms with Gasteiger partial charge in [-0.1, -0.05) is 30.7 Å². The highest BCUT2D eigenvalue weighted by Gasteiger charge is 2.32. The van der Waals surface area contributed by atoms with E-state index in [1.54, 1.807) is 12.1 Å². The maximum atomic E-state index is 11.8. The molecule has 1 aromatic carbocycles. The minimum absolute atomic E-state index is 0.241. The summed E-state index contributed by atoms with van der Waals surface area (Å²) in [6.45, 7) is 5.78. The maximum absolute atomic E-state index is 11.8. The first-order valence-corrected chi connectivity index (χ1v) is 7.43.